The summed E-state index contributed by atoms with van der Waals surface area (Å²) in [7, 11) is 0. The summed E-state index contributed by atoms with van der Waals surface area (Å²) in [4.78, 5) is 22.4. The Labute approximate surface area is 97.6 Å². The molecule has 1 aliphatic carbocycles. The number of hydrogen-bond acceptors (Lipinski definition) is 2. The normalized spacial score (nSPS) is 19.9. The van der Waals surface area contributed by atoms with Crippen molar-refractivity contribution >= 4 is 17.3 Å². The Morgan fingerprint density at radius 3 is 2.71 bits per heavy atom. The molecule has 1 atom stereocenters. The lowest BCUT2D eigenvalue weighted by atomic mass is 9.83. The number of benzene rings is 1. The number of carbonyl (C=O) groups excluding carboxylic acids is 1. The number of carboxylic acid groups (broad SMARTS) is 1. The van der Waals surface area contributed by atoms with Gasteiger partial charge in [0.05, 0.1) is 5.92 Å². The molecule has 17 heavy (non-hydrogen) atoms. The lowest BCUT2D eigenvalue weighted by Gasteiger charge is -2.20. The minimum Gasteiger partial charge on any atom is -0.481 e. The summed E-state index contributed by atoms with van der Waals surface area (Å²) in [5.74, 6) is -2.47. The van der Waals surface area contributed by atoms with E-state index >= 15 is 0 Å². The molecule has 0 heterocycles. The van der Waals surface area contributed by atoms with Crippen molar-refractivity contribution in [1.29, 1.82) is 0 Å². The van der Waals surface area contributed by atoms with Gasteiger partial charge >= 0.3 is 5.97 Å². The Bertz CT molecular complexity index is 505. The van der Waals surface area contributed by atoms with Crippen LogP contribution >= 0.6 is 0 Å². The quantitative estimate of drug-likeness (QED) is 0.854. The van der Waals surface area contributed by atoms with Gasteiger partial charge in [-0.1, -0.05) is 18.2 Å². The van der Waals surface area contributed by atoms with E-state index in [0.717, 1.165) is 0 Å². The minimum atomic E-state index is -1.02. The summed E-state index contributed by atoms with van der Waals surface area (Å²) in [6.45, 7) is 0. The molecule has 88 valence electrons. The molecule has 1 N–H and O–H groups in total. The Kier molecular flexibility index (Phi) is 3.04. The second-order valence-corrected chi connectivity index (χ2v) is 3.98. The predicted molar refractivity (Wildman–Crippen MR) is 59.7 cm³/mol. The molecule has 1 aromatic rings. The molecule has 3 nitrogen and oxygen atoms in total. The van der Waals surface area contributed by atoms with Crippen LogP contribution < -0.4 is 0 Å². The fraction of sp³-hybridized carbons (Fsp3) is 0.231. The monoisotopic (exact) mass is 234 g/mol. The van der Waals surface area contributed by atoms with Gasteiger partial charge in [0, 0.05) is 12.0 Å². The summed E-state index contributed by atoms with van der Waals surface area (Å²) in [5, 5.41) is 9.07. The van der Waals surface area contributed by atoms with Crippen LogP contribution in [0.15, 0.2) is 30.3 Å². The molecule has 1 aromatic carbocycles. The number of hydrogen-bond donors (Lipinski definition) is 1. The maximum atomic E-state index is 13.6. The molecule has 1 unspecified atom stereocenters. The van der Waals surface area contributed by atoms with Gasteiger partial charge in [-0.2, -0.15) is 0 Å². The number of allylic oxidation sites excluding steroid dienone is 1. The highest BCUT2D eigenvalue weighted by molar-refractivity contribution is 6.03. The van der Waals surface area contributed by atoms with E-state index in [1.165, 1.54) is 24.3 Å². The lowest BCUT2D eigenvalue weighted by molar-refractivity contribution is -0.140. The Balaban J connectivity index is 2.50. The highest BCUT2D eigenvalue weighted by Gasteiger charge is 2.29. The third-order valence-electron chi connectivity index (χ3n) is 2.85. The highest BCUT2D eigenvalue weighted by Crippen LogP contribution is 2.32. The molecule has 4 heteroatoms. The van der Waals surface area contributed by atoms with Crippen LogP contribution in [-0.4, -0.2) is 16.9 Å². The number of rotatable bonds is 2. The van der Waals surface area contributed by atoms with Crippen molar-refractivity contribution in [2.75, 3.05) is 0 Å². The molecule has 2 rings (SSSR count). The topological polar surface area (TPSA) is 54.4 Å². The second kappa shape index (κ2) is 4.49. The molecular weight excluding hydrogens is 223 g/mol. The number of ketones is 1. The van der Waals surface area contributed by atoms with E-state index in [2.05, 4.69) is 0 Å². The van der Waals surface area contributed by atoms with Crippen molar-refractivity contribution < 1.29 is 19.1 Å². The molecule has 0 bridgehead atoms. The maximum Gasteiger partial charge on any atom is 0.311 e. The number of carbonyl (C=O) groups is 2. The third-order valence-corrected chi connectivity index (χ3v) is 2.85. The zero-order valence-corrected chi connectivity index (χ0v) is 9.02. The van der Waals surface area contributed by atoms with E-state index in [0.29, 0.717) is 0 Å². The fourth-order valence-electron chi connectivity index (χ4n) is 2.01. The van der Waals surface area contributed by atoms with Gasteiger partial charge in [0.2, 0.25) is 0 Å². The molecule has 1 aliphatic rings. The van der Waals surface area contributed by atoms with Gasteiger partial charge < -0.3 is 5.11 Å². The van der Waals surface area contributed by atoms with E-state index in [9.17, 15) is 14.0 Å². The molecule has 0 radical (unpaired) electrons. The van der Waals surface area contributed by atoms with E-state index in [1.807, 2.05) is 0 Å². The SMILES string of the molecule is O=C1C=C(c2ccccc2F)C(C(=O)O)CC1. The number of carboxylic acids is 1. The first-order valence-corrected chi connectivity index (χ1v) is 5.31. The van der Waals surface area contributed by atoms with Crippen molar-refractivity contribution in [2.24, 2.45) is 5.92 Å². The van der Waals surface area contributed by atoms with Gasteiger partial charge in [0.25, 0.3) is 0 Å². The van der Waals surface area contributed by atoms with Crippen molar-refractivity contribution in [3.8, 4) is 0 Å². The molecule has 0 amide bonds. The summed E-state index contributed by atoms with van der Waals surface area (Å²) >= 11 is 0. The molecule has 0 fully saturated rings. The smallest absolute Gasteiger partial charge is 0.311 e. The molecule has 0 saturated carbocycles. The first-order valence-electron chi connectivity index (χ1n) is 5.31. The second-order valence-electron chi connectivity index (χ2n) is 3.98. The van der Waals surface area contributed by atoms with Crippen LogP contribution in [0.1, 0.15) is 18.4 Å². The summed E-state index contributed by atoms with van der Waals surface area (Å²) < 4.78 is 13.6. The van der Waals surface area contributed by atoms with Crippen molar-refractivity contribution in [1.82, 2.24) is 0 Å². The van der Waals surface area contributed by atoms with E-state index in [-0.39, 0.29) is 29.8 Å². The molecule has 0 spiro atoms. The lowest BCUT2D eigenvalue weighted by Crippen LogP contribution is -2.21. The molecule has 0 saturated heterocycles. The molecule has 0 aromatic heterocycles. The fourth-order valence-corrected chi connectivity index (χ4v) is 2.01. The standard InChI is InChI=1S/C13H11FO3/c14-12-4-2-1-3-9(12)11-7-8(15)5-6-10(11)13(16)17/h1-4,7,10H,5-6H2,(H,16,17). The number of halogens is 1. The zero-order valence-electron chi connectivity index (χ0n) is 9.02. The summed E-state index contributed by atoms with van der Waals surface area (Å²) in [6.07, 6.45) is 1.68. The minimum absolute atomic E-state index is 0.152. The van der Waals surface area contributed by atoms with E-state index < -0.39 is 17.7 Å². The Morgan fingerprint density at radius 2 is 2.06 bits per heavy atom. The predicted octanol–water partition coefficient (Wildman–Crippen LogP) is 2.27. The van der Waals surface area contributed by atoms with Crippen LogP contribution in [0.3, 0.4) is 0 Å². The third kappa shape index (κ3) is 2.25. The Hall–Kier alpha value is -1.97. The van der Waals surface area contributed by atoms with E-state index in [1.54, 1.807) is 6.07 Å². The van der Waals surface area contributed by atoms with Crippen molar-refractivity contribution in [3.05, 3.63) is 41.7 Å². The van der Waals surface area contributed by atoms with Crippen LogP contribution in [-0.2, 0) is 9.59 Å². The van der Waals surface area contributed by atoms with Crippen LogP contribution in [0.2, 0.25) is 0 Å². The van der Waals surface area contributed by atoms with Crippen LogP contribution in [0.4, 0.5) is 4.39 Å². The van der Waals surface area contributed by atoms with Gasteiger partial charge in [-0.3, -0.25) is 9.59 Å². The average molecular weight is 234 g/mol. The van der Waals surface area contributed by atoms with Gasteiger partial charge in [-0.25, -0.2) is 4.39 Å². The maximum absolute atomic E-state index is 13.6. The summed E-state index contributed by atoms with van der Waals surface area (Å²) in [5.41, 5.74) is 0.472. The van der Waals surface area contributed by atoms with Gasteiger partial charge in [-0.15, -0.1) is 0 Å². The first kappa shape index (κ1) is 11.5. The van der Waals surface area contributed by atoms with Crippen molar-refractivity contribution in [3.63, 3.8) is 0 Å². The molecular formula is C13H11FO3. The van der Waals surface area contributed by atoms with Crippen LogP contribution in [0.25, 0.3) is 5.57 Å². The van der Waals surface area contributed by atoms with Gasteiger partial charge in [0.1, 0.15) is 5.82 Å². The van der Waals surface area contributed by atoms with Gasteiger partial charge in [0.15, 0.2) is 5.78 Å². The van der Waals surface area contributed by atoms with E-state index in [4.69, 9.17) is 5.11 Å². The Morgan fingerprint density at radius 1 is 1.35 bits per heavy atom. The average Bonchev–Trinajstić information content (AvgIpc) is 2.29. The van der Waals surface area contributed by atoms with Crippen LogP contribution in [0.5, 0.6) is 0 Å². The first-order chi connectivity index (χ1) is 8.09. The largest absolute Gasteiger partial charge is 0.481 e. The summed E-state index contributed by atoms with van der Waals surface area (Å²) in [6, 6.07) is 5.90. The number of aliphatic carboxylic acids is 1. The zero-order chi connectivity index (χ0) is 12.4. The molecule has 0 aliphatic heterocycles. The highest BCUT2D eigenvalue weighted by atomic mass is 19.1. The van der Waals surface area contributed by atoms with Gasteiger partial charge in [-0.05, 0) is 24.1 Å². The van der Waals surface area contributed by atoms with Crippen molar-refractivity contribution in [2.45, 2.75) is 12.8 Å². The van der Waals surface area contributed by atoms with Crippen LogP contribution in [0, 0.1) is 11.7 Å².